The lowest BCUT2D eigenvalue weighted by Crippen LogP contribution is -2.18. The standard InChI is InChI=1S/C16H18N2O2/c17-13-2-1-3-14-12(13)6-7-18(14)9-11-4-5-15-16(8-11)20-10-19-15/h4-8,13H,1-3,9-10,17H2. The molecule has 2 aliphatic rings. The first kappa shape index (κ1) is 11.9. The first-order chi connectivity index (χ1) is 9.81. The fourth-order valence-electron chi connectivity index (χ4n) is 3.18. The summed E-state index contributed by atoms with van der Waals surface area (Å²) in [6.07, 6.45) is 5.56. The molecule has 0 bridgehead atoms. The Labute approximate surface area is 118 Å². The van der Waals surface area contributed by atoms with E-state index < -0.39 is 0 Å². The van der Waals surface area contributed by atoms with Crippen LogP contribution in [0.3, 0.4) is 0 Å². The molecule has 2 heterocycles. The molecule has 0 saturated heterocycles. The highest BCUT2D eigenvalue weighted by Crippen LogP contribution is 2.33. The molecule has 4 nitrogen and oxygen atoms in total. The number of rotatable bonds is 2. The third kappa shape index (κ3) is 1.88. The number of ether oxygens (including phenoxy) is 2. The second kappa shape index (κ2) is 4.56. The van der Waals surface area contributed by atoms with Crippen molar-refractivity contribution in [2.45, 2.75) is 31.8 Å². The van der Waals surface area contributed by atoms with Gasteiger partial charge in [-0.2, -0.15) is 0 Å². The second-order valence-corrected chi connectivity index (χ2v) is 5.53. The van der Waals surface area contributed by atoms with Crippen LogP contribution < -0.4 is 15.2 Å². The largest absolute Gasteiger partial charge is 0.454 e. The fourth-order valence-corrected chi connectivity index (χ4v) is 3.18. The van der Waals surface area contributed by atoms with Crippen molar-refractivity contribution in [3.8, 4) is 11.5 Å². The van der Waals surface area contributed by atoms with Gasteiger partial charge in [-0.15, -0.1) is 0 Å². The summed E-state index contributed by atoms with van der Waals surface area (Å²) in [5.74, 6) is 1.69. The van der Waals surface area contributed by atoms with Gasteiger partial charge in [-0.3, -0.25) is 0 Å². The fraction of sp³-hybridized carbons (Fsp3) is 0.375. The van der Waals surface area contributed by atoms with Gasteiger partial charge in [0.1, 0.15) is 0 Å². The van der Waals surface area contributed by atoms with Gasteiger partial charge in [0, 0.05) is 24.5 Å². The monoisotopic (exact) mass is 270 g/mol. The van der Waals surface area contributed by atoms with E-state index in [4.69, 9.17) is 15.2 Å². The summed E-state index contributed by atoms with van der Waals surface area (Å²) in [6, 6.07) is 8.53. The summed E-state index contributed by atoms with van der Waals surface area (Å²) < 4.78 is 13.1. The van der Waals surface area contributed by atoms with Crippen LogP contribution in [0.5, 0.6) is 11.5 Å². The quantitative estimate of drug-likeness (QED) is 0.912. The van der Waals surface area contributed by atoms with Crippen LogP contribution in [0.2, 0.25) is 0 Å². The van der Waals surface area contributed by atoms with Gasteiger partial charge in [-0.1, -0.05) is 6.07 Å². The number of nitrogens with zero attached hydrogens (tertiary/aromatic N) is 1. The van der Waals surface area contributed by atoms with Crippen molar-refractivity contribution >= 4 is 0 Å². The van der Waals surface area contributed by atoms with E-state index in [2.05, 4.69) is 29.0 Å². The van der Waals surface area contributed by atoms with E-state index >= 15 is 0 Å². The smallest absolute Gasteiger partial charge is 0.231 e. The molecule has 4 rings (SSSR count). The van der Waals surface area contributed by atoms with Crippen LogP contribution in [0, 0.1) is 0 Å². The van der Waals surface area contributed by atoms with Gasteiger partial charge in [-0.25, -0.2) is 0 Å². The Morgan fingerprint density at radius 3 is 3.05 bits per heavy atom. The molecule has 0 saturated carbocycles. The molecule has 1 aliphatic heterocycles. The zero-order valence-electron chi connectivity index (χ0n) is 11.3. The number of hydrogen-bond acceptors (Lipinski definition) is 3. The molecular formula is C16H18N2O2. The molecular weight excluding hydrogens is 252 g/mol. The SMILES string of the molecule is NC1CCCc2c1ccn2Cc1ccc2c(c1)OCO2. The highest BCUT2D eigenvalue weighted by atomic mass is 16.7. The van der Waals surface area contributed by atoms with Crippen LogP contribution in [-0.4, -0.2) is 11.4 Å². The van der Waals surface area contributed by atoms with Gasteiger partial charge < -0.3 is 19.8 Å². The van der Waals surface area contributed by atoms with Crippen LogP contribution in [-0.2, 0) is 13.0 Å². The number of nitrogens with two attached hydrogens (primary N) is 1. The maximum atomic E-state index is 6.18. The summed E-state index contributed by atoms with van der Waals surface area (Å²) in [4.78, 5) is 0. The summed E-state index contributed by atoms with van der Waals surface area (Å²) in [7, 11) is 0. The highest BCUT2D eigenvalue weighted by molar-refractivity contribution is 5.44. The lowest BCUT2D eigenvalue weighted by molar-refractivity contribution is 0.174. The van der Waals surface area contributed by atoms with Gasteiger partial charge in [0.05, 0.1) is 0 Å². The van der Waals surface area contributed by atoms with Crippen LogP contribution in [0.15, 0.2) is 30.5 Å². The Morgan fingerprint density at radius 2 is 2.10 bits per heavy atom. The van der Waals surface area contributed by atoms with Gasteiger partial charge in [0.2, 0.25) is 6.79 Å². The minimum atomic E-state index is 0.205. The molecule has 0 radical (unpaired) electrons. The van der Waals surface area contributed by atoms with Gasteiger partial charge >= 0.3 is 0 Å². The molecule has 104 valence electrons. The molecule has 2 aromatic rings. The third-order valence-corrected chi connectivity index (χ3v) is 4.23. The van der Waals surface area contributed by atoms with E-state index in [1.54, 1.807) is 0 Å². The summed E-state index contributed by atoms with van der Waals surface area (Å²) in [6.45, 7) is 1.19. The molecule has 1 aromatic heterocycles. The molecule has 1 aromatic carbocycles. The van der Waals surface area contributed by atoms with Crippen molar-refractivity contribution in [3.05, 3.63) is 47.3 Å². The van der Waals surface area contributed by atoms with Crippen molar-refractivity contribution in [1.29, 1.82) is 0 Å². The van der Waals surface area contributed by atoms with Crippen LogP contribution >= 0.6 is 0 Å². The molecule has 20 heavy (non-hydrogen) atoms. The Bertz CT molecular complexity index is 648. The maximum absolute atomic E-state index is 6.18. The van der Waals surface area contributed by atoms with E-state index in [-0.39, 0.29) is 6.04 Å². The first-order valence-electron chi connectivity index (χ1n) is 7.13. The Kier molecular flexibility index (Phi) is 2.70. The normalized spacial score (nSPS) is 19.9. The maximum Gasteiger partial charge on any atom is 0.231 e. The van der Waals surface area contributed by atoms with E-state index in [1.165, 1.54) is 23.2 Å². The van der Waals surface area contributed by atoms with E-state index in [0.717, 1.165) is 30.9 Å². The van der Waals surface area contributed by atoms with E-state index in [1.807, 2.05) is 6.07 Å². The zero-order valence-corrected chi connectivity index (χ0v) is 11.3. The number of aromatic nitrogens is 1. The molecule has 0 fully saturated rings. The van der Waals surface area contributed by atoms with Crippen LogP contribution in [0.25, 0.3) is 0 Å². The number of fused-ring (bicyclic) bond motifs is 2. The molecule has 1 atom stereocenters. The topological polar surface area (TPSA) is 49.4 Å². The first-order valence-corrected chi connectivity index (χ1v) is 7.13. The molecule has 1 aliphatic carbocycles. The highest BCUT2D eigenvalue weighted by Gasteiger charge is 2.20. The summed E-state index contributed by atoms with van der Waals surface area (Å²) >= 11 is 0. The lowest BCUT2D eigenvalue weighted by Gasteiger charge is -2.21. The second-order valence-electron chi connectivity index (χ2n) is 5.53. The number of benzene rings is 1. The Morgan fingerprint density at radius 1 is 1.20 bits per heavy atom. The van der Waals surface area contributed by atoms with Gasteiger partial charge in [0.15, 0.2) is 11.5 Å². The molecule has 0 spiro atoms. The van der Waals surface area contributed by atoms with Gasteiger partial charge in [0.25, 0.3) is 0 Å². The lowest BCUT2D eigenvalue weighted by atomic mass is 9.93. The average molecular weight is 270 g/mol. The van der Waals surface area contributed by atoms with Crippen molar-refractivity contribution < 1.29 is 9.47 Å². The van der Waals surface area contributed by atoms with Gasteiger partial charge in [-0.05, 0) is 48.6 Å². The molecule has 4 heteroatoms. The van der Waals surface area contributed by atoms with E-state index in [0.29, 0.717) is 6.79 Å². The molecule has 2 N–H and O–H groups in total. The summed E-state index contributed by atoms with van der Waals surface area (Å²) in [5, 5.41) is 0. The van der Waals surface area contributed by atoms with Crippen LogP contribution in [0.1, 0.15) is 35.7 Å². The third-order valence-electron chi connectivity index (χ3n) is 4.23. The predicted molar refractivity (Wildman–Crippen MR) is 76.0 cm³/mol. The van der Waals surface area contributed by atoms with Crippen molar-refractivity contribution in [2.75, 3.05) is 6.79 Å². The predicted octanol–water partition coefficient (Wildman–Crippen LogP) is 2.60. The van der Waals surface area contributed by atoms with E-state index in [9.17, 15) is 0 Å². The summed E-state index contributed by atoms with van der Waals surface area (Å²) in [5.41, 5.74) is 10.1. The number of hydrogen-bond donors (Lipinski definition) is 1. The Balaban J connectivity index is 1.63. The van der Waals surface area contributed by atoms with Crippen molar-refractivity contribution in [1.82, 2.24) is 4.57 Å². The molecule has 0 amide bonds. The minimum Gasteiger partial charge on any atom is -0.454 e. The molecule has 1 unspecified atom stereocenters. The minimum absolute atomic E-state index is 0.205. The zero-order chi connectivity index (χ0) is 13.5. The average Bonchev–Trinajstić information content (AvgIpc) is 3.06. The van der Waals surface area contributed by atoms with Crippen LogP contribution in [0.4, 0.5) is 0 Å². The Hall–Kier alpha value is -1.94. The van der Waals surface area contributed by atoms with Crippen molar-refractivity contribution in [2.24, 2.45) is 5.73 Å². The van der Waals surface area contributed by atoms with Crippen molar-refractivity contribution in [3.63, 3.8) is 0 Å².